The van der Waals surface area contributed by atoms with Crippen molar-refractivity contribution in [1.29, 1.82) is 0 Å². The first-order valence-corrected chi connectivity index (χ1v) is 9.11. The highest BCUT2D eigenvalue weighted by Crippen LogP contribution is 2.24. The fraction of sp³-hybridized carbons (Fsp3) is 0.211. The first-order valence-electron chi connectivity index (χ1n) is 8.23. The average molecular weight is 371 g/mol. The zero-order chi connectivity index (χ0) is 18.7. The number of hydrogen-bond donors (Lipinski definition) is 1. The summed E-state index contributed by atoms with van der Waals surface area (Å²) in [7, 11) is 0. The molecule has 2 aromatic carbocycles. The summed E-state index contributed by atoms with van der Waals surface area (Å²) in [5, 5.41) is 3.02. The Morgan fingerprint density at radius 1 is 1.23 bits per heavy atom. The lowest BCUT2D eigenvalue weighted by Gasteiger charge is -2.15. The Kier molecular flexibility index (Phi) is 5.37. The molecule has 1 amide bonds. The molecule has 0 aliphatic rings. The van der Waals surface area contributed by atoms with E-state index in [0.717, 1.165) is 0 Å². The van der Waals surface area contributed by atoms with E-state index in [1.54, 1.807) is 41.8 Å². The van der Waals surface area contributed by atoms with Crippen molar-refractivity contribution >= 4 is 34.3 Å². The van der Waals surface area contributed by atoms with Gasteiger partial charge < -0.3 is 5.32 Å². The van der Waals surface area contributed by atoms with Crippen molar-refractivity contribution in [3.05, 3.63) is 64.7 Å². The van der Waals surface area contributed by atoms with Crippen LogP contribution in [0, 0.1) is 5.82 Å². The molecule has 3 aromatic rings. The van der Waals surface area contributed by atoms with E-state index >= 15 is 0 Å². The molecule has 1 heterocycles. The molecule has 1 N–H and O–H groups in total. The van der Waals surface area contributed by atoms with E-state index in [9.17, 15) is 14.0 Å². The molecule has 0 saturated carbocycles. The third kappa shape index (κ3) is 3.62. The highest BCUT2D eigenvalue weighted by atomic mass is 32.2. The maximum Gasteiger partial charge on any atom is 0.262 e. The summed E-state index contributed by atoms with van der Waals surface area (Å²) < 4.78 is 15.2. The summed E-state index contributed by atoms with van der Waals surface area (Å²) in [4.78, 5) is 29.6. The van der Waals surface area contributed by atoms with Crippen LogP contribution >= 0.6 is 11.8 Å². The van der Waals surface area contributed by atoms with Crippen LogP contribution in [0.25, 0.3) is 10.9 Å². The number of rotatable bonds is 5. The Morgan fingerprint density at radius 3 is 2.65 bits per heavy atom. The third-order valence-electron chi connectivity index (χ3n) is 3.93. The van der Waals surface area contributed by atoms with Gasteiger partial charge in [0.15, 0.2) is 5.16 Å². The van der Waals surface area contributed by atoms with Gasteiger partial charge in [0, 0.05) is 6.54 Å². The number of nitrogens with zero attached hydrogens (tertiary/aromatic N) is 2. The fourth-order valence-electron chi connectivity index (χ4n) is 2.53. The maximum absolute atomic E-state index is 13.7. The van der Waals surface area contributed by atoms with Gasteiger partial charge in [0.1, 0.15) is 5.82 Å². The van der Waals surface area contributed by atoms with E-state index in [-0.39, 0.29) is 17.2 Å². The number of fused-ring (bicyclic) bond motifs is 1. The molecule has 0 unspecified atom stereocenters. The molecule has 5 nitrogen and oxygen atoms in total. The number of benzene rings is 2. The Balaban J connectivity index is 1.87. The van der Waals surface area contributed by atoms with Gasteiger partial charge in [0.2, 0.25) is 5.91 Å². The number of para-hydroxylation sites is 2. The lowest BCUT2D eigenvalue weighted by molar-refractivity contribution is -0.115. The SMILES string of the molecule is CCn1c(S[C@@H](C)C(=O)Nc2ccccc2F)nc2ccccc2c1=O. The van der Waals surface area contributed by atoms with Gasteiger partial charge in [0.05, 0.1) is 21.8 Å². The van der Waals surface area contributed by atoms with Crippen LogP contribution in [0.4, 0.5) is 10.1 Å². The van der Waals surface area contributed by atoms with Crippen molar-refractivity contribution < 1.29 is 9.18 Å². The minimum atomic E-state index is -0.555. The summed E-state index contributed by atoms with van der Waals surface area (Å²) in [5.41, 5.74) is 0.582. The van der Waals surface area contributed by atoms with Crippen molar-refractivity contribution in [1.82, 2.24) is 9.55 Å². The Hall–Kier alpha value is -2.67. The van der Waals surface area contributed by atoms with Crippen molar-refractivity contribution in [2.24, 2.45) is 0 Å². The number of carbonyl (C=O) groups is 1. The van der Waals surface area contributed by atoms with Gasteiger partial charge >= 0.3 is 0 Å². The molecule has 134 valence electrons. The van der Waals surface area contributed by atoms with Gasteiger partial charge in [-0.2, -0.15) is 0 Å². The normalized spacial score (nSPS) is 12.1. The van der Waals surface area contributed by atoms with Gasteiger partial charge in [-0.15, -0.1) is 0 Å². The minimum Gasteiger partial charge on any atom is -0.323 e. The maximum atomic E-state index is 13.7. The lowest BCUT2D eigenvalue weighted by Crippen LogP contribution is -2.26. The Morgan fingerprint density at radius 2 is 1.92 bits per heavy atom. The summed E-state index contributed by atoms with van der Waals surface area (Å²) >= 11 is 1.17. The topological polar surface area (TPSA) is 64.0 Å². The Labute approximate surface area is 154 Å². The molecule has 0 radical (unpaired) electrons. The first-order chi connectivity index (χ1) is 12.5. The monoisotopic (exact) mass is 371 g/mol. The minimum absolute atomic E-state index is 0.129. The standard InChI is InChI=1S/C19H18FN3O2S/c1-3-23-18(25)13-8-4-6-10-15(13)22-19(23)26-12(2)17(24)21-16-11-7-5-9-14(16)20/h4-12H,3H2,1-2H3,(H,21,24)/t12-/m0/s1. The number of aromatic nitrogens is 2. The average Bonchev–Trinajstić information content (AvgIpc) is 2.64. The molecular weight excluding hydrogens is 353 g/mol. The van der Waals surface area contributed by atoms with E-state index in [4.69, 9.17) is 0 Å². The summed E-state index contributed by atoms with van der Waals surface area (Å²) in [5.74, 6) is -0.850. The summed E-state index contributed by atoms with van der Waals surface area (Å²) in [6, 6.07) is 13.1. The zero-order valence-electron chi connectivity index (χ0n) is 14.4. The van der Waals surface area contributed by atoms with Crippen LogP contribution in [0.1, 0.15) is 13.8 Å². The van der Waals surface area contributed by atoms with Crippen molar-refractivity contribution in [3.63, 3.8) is 0 Å². The zero-order valence-corrected chi connectivity index (χ0v) is 15.2. The van der Waals surface area contributed by atoms with Crippen LogP contribution in [0.2, 0.25) is 0 Å². The second-order valence-corrected chi connectivity index (χ2v) is 7.00. The number of nitrogens with one attached hydrogen (secondary N) is 1. The molecule has 3 rings (SSSR count). The fourth-order valence-corrected chi connectivity index (χ4v) is 3.50. The van der Waals surface area contributed by atoms with Crippen LogP contribution < -0.4 is 10.9 Å². The molecular formula is C19H18FN3O2S. The van der Waals surface area contributed by atoms with Crippen LogP contribution in [-0.2, 0) is 11.3 Å². The van der Waals surface area contributed by atoms with Crippen LogP contribution in [0.5, 0.6) is 0 Å². The molecule has 0 aliphatic heterocycles. The molecule has 0 spiro atoms. The van der Waals surface area contributed by atoms with E-state index in [1.807, 2.05) is 13.0 Å². The number of hydrogen-bond acceptors (Lipinski definition) is 4. The highest BCUT2D eigenvalue weighted by Gasteiger charge is 2.19. The number of thioether (sulfide) groups is 1. The molecule has 26 heavy (non-hydrogen) atoms. The van der Waals surface area contributed by atoms with Crippen molar-refractivity contribution in [3.8, 4) is 0 Å². The molecule has 0 bridgehead atoms. The number of anilines is 1. The van der Waals surface area contributed by atoms with Gasteiger partial charge in [-0.3, -0.25) is 14.2 Å². The van der Waals surface area contributed by atoms with Gasteiger partial charge in [-0.1, -0.05) is 36.0 Å². The van der Waals surface area contributed by atoms with Crippen LogP contribution in [-0.4, -0.2) is 20.7 Å². The van der Waals surface area contributed by atoms with E-state index in [0.29, 0.717) is 22.6 Å². The lowest BCUT2D eigenvalue weighted by atomic mass is 10.2. The van der Waals surface area contributed by atoms with E-state index < -0.39 is 11.1 Å². The smallest absolute Gasteiger partial charge is 0.262 e. The predicted octanol–water partition coefficient (Wildman–Crippen LogP) is 3.67. The third-order valence-corrected chi connectivity index (χ3v) is 5.02. The highest BCUT2D eigenvalue weighted by molar-refractivity contribution is 8.00. The van der Waals surface area contributed by atoms with Crippen LogP contribution in [0.15, 0.2) is 58.5 Å². The van der Waals surface area contributed by atoms with Crippen LogP contribution in [0.3, 0.4) is 0 Å². The quantitative estimate of drug-likeness (QED) is 0.549. The molecule has 1 atom stereocenters. The van der Waals surface area contributed by atoms with Crippen molar-refractivity contribution in [2.75, 3.05) is 5.32 Å². The second-order valence-electron chi connectivity index (χ2n) is 5.69. The Bertz CT molecular complexity index is 1020. The van der Waals surface area contributed by atoms with E-state index in [2.05, 4.69) is 10.3 Å². The van der Waals surface area contributed by atoms with Crippen molar-refractivity contribution in [2.45, 2.75) is 30.8 Å². The van der Waals surface area contributed by atoms with Gasteiger partial charge in [-0.25, -0.2) is 9.37 Å². The number of carbonyl (C=O) groups excluding carboxylic acids is 1. The summed E-state index contributed by atoms with van der Waals surface area (Å²) in [6.45, 7) is 3.99. The number of amides is 1. The van der Waals surface area contributed by atoms with Gasteiger partial charge in [0.25, 0.3) is 5.56 Å². The first kappa shape index (κ1) is 18.1. The molecule has 1 aromatic heterocycles. The molecule has 0 aliphatic carbocycles. The van der Waals surface area contributed by atoms with E-state index in [1.165, 1.54) is 23.9 Å². The molecule has 7 heteroatoms. The largest absolute Gasteiger partial charge is 0.323 e. The molecule has 0 fully saturated rings. The summed E-state index contributed by atoms with van der Waals surface area (Å²) in [6.07, 6.45) is 0. The predicted molar refractivity (Wildman–Crippen MR) is 102 cm³/mol. The van der Waals surface area contributed by atoms with Gasteiger partial charge in [-0.05, 0) is 38.1 Å². The molecule has 0 saturated heterocycles. The second kappa shape index (κ2) is 7.70. The number of halogens is 1.